The van der Waals surface area contributed by atoms with Gasteiger partial charge in [0.25, 0.3) is 0 Å². The molecule has 2 rings (SSSR count). The fraction of sp³-hybridized carbons (Fsp3) is 0.467. The van der Waals surface area contributed by atoms with Crippen LogP contribution >= 0.6 is 0 Å². The molecule has 0 heterocycles. The Morgan fingerprint density at radius 1 is 1.35 bits per heavy atom. The fourth-order valence-electron chi connectivity index (χ4n) is 2.11. The van der Waals surface area contributed by atoms with Crippen LogP contribution in [0.25, 0.3) is 0 Å². The minimum atomic E-state index is -0.649. The summed E-state index contributed by atoms with van der Waals surface area (Å²) in [7, 11) is 1.36. The molecule has 20 heavy (non-hydrogen) atoms. The molecule has 0 saturated heterocycles. The summed E-state index contributed by atoms with van der Waals surface area (Å²) in [6.45, 7) is 3.03. The van der Waals surface area contributed by atoms with Crippen molar-refractivity contribution in [2.45, 2.75) is 38.2 Å². The number of Topliss-reactive ketones (excluding diaryl/α,β-unsaturated/α-hetero) is 1. The molecule has 1 atom stereocenters. The van der Waals surface area contributed by atoms with Gasteiger partial charge < -0.3 is 14.6 Å². The Balaban J connectivity index is 2.30. The minimum absolute atomic E-state index is 0.0532. The number of methoxy groups -OCH3 is 1. The third-order valence-electron chi connectivity index (χ3n) is 3.71. The first-order valence-corrected chi connectivity index (χ1v) is 6.50. The molecule has 1 saturated carbocycles. The predicted molar refractivity (Wildman–Crippen MR) is 71.8 cm³/mol. The van der Waals surface area contributed by atoms with Crippen LogP contribution in [0.4, 0.5) is 0 Å². The van der Waals surface area contributed by atoms with Gasteiger partial charge in [-0.3, -0.25) is 9.59 Å². The topological polar surface area (TPSA) is 72.8 Å². The van der Waals surface area contributed by atoms with Crippen molar-refractivity contribution in [1.82, 2.24) is 0 Å². The molecule has 1 N–H and O–H groups in total. The second-order valence-corrected chi connectivity index (χ2v) is 5.13. The quantitative estimate of drug-likeness (QED) is 0.833. The van der Waals surface area contributed by atoms with E-state index in [-0.39, 0.29) is 23.3 Å². The third kappa shape index (κ3) is 2.48. The molecule has 0 aliphatic heterocycles. The highest BCUT2D eigenvalue weighted by atomic mass is 16.5. The SMILES string of the molecule is COC(=O)C1(c2ccc(O)c(OC(C)C(C)=O)c2)CC1. The molecule has 108 valence electrons. The van der Waals surface area contributed by atoms with Gasteiger partial charge >= 0.3 is 5.97 Å². The van der Waals surface area contributed by atoms with E-state index in [4.69, 9.17) is 9.47 Å². The lowest BCUT2D eigenvalue weighted by Gasteiger charge is -2.17. The van der Waals surface area contributed by atoms with Crippen LogP contribution in [0, 0.1) is 0 Å². The Bertz CT molecular complexity index is 545. The number of ketones is 1. The molecule has 1 unspecified atom stereocenters. The summed E-state index contributed by atoms with van der Waals surface area (Å²) in [6, 6.07) is 4.77. The largest absolute Gasteiger partial charge is 0.504 e. The summed E-state index contributed by atoms with van der Waals surface area (Å²) in [5, 5.41) is 9.80. The minimum Gasteiger partial charge on any atom is -0.504 e. The van der Waals surface area contributed by atoms with Crippen LogP contribution in [0.5, 0.6) is 11.5 Å². The van der Waals surface area contributed by atoms with Crippen LogP contribution < -0.4 is 4.74 Å². The van der Waals surface area contributed by atoms with E-state index in [1.165, 1.54) is 20.1 Å². The first kappa shape index (κ1) is 14.4. The van der Waals surface area contributed by atoms with Crippen LogP contribution in [0.1, 0.15) is 32.3 Å². The summed E-state index contributed by atoms with van der Waals surface area (Å²) in [4.78, 5) is 23.1. The van der Waals surface area contributed by atoms with E-state index in [9.17, 15) is 14.7 Å². The molecule has 0 radical (unpaired) electrons. The van der Waals surface area contributed by atoms with Gasteiger partial charge in [0.1, 0.15) is 0 Å². The molecule has 0 amide bonds. The molecule has 0 aromatic heterocycles. The van der Waals surface area contributed by atoms with Gasteiger partial charge in [-0.05, 0) is 44.4 Å². The maximum Gasteiger partial charge on any atom is 0.316 e. The average molecular weight is 278 g/mol. The van der Waals surface area contributed by atoms with E-state index in [1.807, 2.05) is 0 Å². The first-order chi connectivity index (χ1) is 9.40. The van der Waals surface area contributed by atoms with E-state index in [0.717, 1.165) is 5.56 Å². The smallest absolute Gasteiger partial charge is 0.316 e. The number of benzene rings is 1. The number of phenols is 1. The number of ether oxygens (including phenoxy) is 2. The highest BCUT2D eigenvalue weighted by molar-refractivity contribution is 5.87. The van der Waals surface area contributed by atoms with Crippen molar-refractivity contribution in [2.75, 3.05) is 7.11 Å². The maximum absolute atomic E-state index is 11.8. The molecule has 1 aromatic rings. The van der Waals surface area contributed by atoms with Crippen LogP contribution in [-0.4, -0.2) is 30.1 Å². The molecule has 0 spiro atoms. The Hall–Kier alpha value is -2.04. The summed E-state index contributed by atoms with van der Waals surface area (Å²) >= 11 is 0. The summed E-state index contributed by atoms with van der Waals surface area (Å²) in [5.74, 6) is -0.263. The van der Waals surface area contributed by atoms with Gasteiger partial charge in [-0.25, -0.2) is 0 Å². The number of carbonyl (C=O) groups excluding carboxylic acids is 2. The zero-order valence-corrected chi connectivity index (χ0v) is 11.8. The highest BCUT2D eigenvalue weighted by Crippen LogP contribution is 2.50. The summed E-state index contributed by atoms with van der Waals surface area (Å²) < 4.78 is 10.3. The lowest BCUT2D eigenvalue weighted by atomic mass is 9.95. The molecule has 1 aliphatic carbocycles. The lowest BCUT2D eigenvalue weighted by Crippen LogP contribution is -2.23. The number of rotatable bonds is 5. The standard InChI is InChI=1S/C15H18O5/c1-9(16)10(2)20-13-8-11(4-5-12(13)17)15(6-7-15)14(18)19-3/h4-5,8,10,17H,6-7H2,1-3H3. The molecule has 1 aromatic carbocycles. The number of hydrogen-bond donors (Lipinski definition) is 1. The van der Waals surface area contributed by atoms with Crippen LogP contribution in [0.2, 0.25) is 0 Å². The molecular formula is C15H18O5. The van der Waals surface area contributed by atoms with Crippen LogP contribution in [0.3, 0.4) is 0 Å². The summed E-state index contributed by atoms with van der Waals surface area (Å²) in [5.41, 5.74) is 0.118. The molecule has 5 nitrogen and oxygen atoms in total. The number of phenolic OH excluding ortho intramolecular Hbond substituents is 1. The second-order valence-electron chi connectivity index (χ2n) is 5.13. The van der Waals surface area contributed by atoms with Crippen molar-refractivity contribution in [3.05, 3.63) is 23.8 Å². The normalized spacial score (nSPS) is 17.1. The van der Waals surface area contributed by atoms with E-state index < -0.39 is 11.5 Å². The Morgan fingerprint density at radius 2 is 2.00 bits per heavy atom. The zero-order chi connectivity index (χ0) is 14.9. The highest BCUT2D eigenvalue weighted by Gasteiger charge is 2.52. The molecular weight excluding hydrogens is 260 g/mol. The van der Waals surface area contributed by atoms with E-state index in [1.54, 1.807) is 19.1 Å². The third-order valence-corrected chi connectivity index (χ3v) is 3.71. The monoisotopic (exact) mass is 278 g/mol. The number of aromatic hydroxyl groups is 1. The summed E-state index contributed by atoms with van der Waals surface area (Å²) in [6.07, 6.45) is 0.780. The lowest BCUT2D eigenvalue weighted by molar-refractivity contribution is -0.143. The van der Waals surface area contributed by atoms with E-state index in [2.05, 4.69) is 0 Å². The molecule has 5 heteroatoms. The van der Waals surface area contributed by atoms with Crippen molar-refractivity contribution in [3.8, 4) is 11.5 Å². The molecule has 1 aliphatic rings. The van der Waals surface area contributed by atoms with Crippen molar-refractivity contribution >= 4 is 11.8 Å². The average Bonchev–Trinajstić information content (AvgIpc) is 3.21. The van der Waals surface area contributed by atoms with Gasteiger partial charge in [-0.1, -0.05) is 6.07 Å². The predicted octanol–water partition coefficient (Wildman–Crippen LogP) is 1.95. The number of esters is 1. The van der Waals surface area contributed by atoms with E-state index >= 15 is 0 Å². The van der Waals surface area contributed by atoms with Crippen LogP contribution in [-0.2, 0) is 19.7 Å². The van der Waals surface area contributed by atoms with Gasteiger partial charge in [0.2, 0.25) is 0 Å². The fourth-order valence-corrected chi connectivity index (χ4v) is 2.11. The molecule has 0 bridgehead atoms. The number of carbonyl (C=O) groups is 2. The van der Waals surface area contributed by atoms with Gasteiger partial charge in [-0.15, -0.1) is 0 Å². The van der Waals surface area contributed by atoms with Gasteiger partial charge in [0, 0.05) is 0 Å². The second kappa shape index (κ2) is 5.15. The van der Waals surface area contributed by atoms with Gasteiger partial charge in [0.15, 0.2) is 23.4 Å². The van der Waals surface area contributed by atoms with Crippen molar-refractivity contribution in [3.63, 3.8) is 0 Å². The zero-order valence-electron chi connectivity index (χ0n) is 11.8. The Morgan fingerprint density at radius 3 is 2.50 bits per heavy atom. The van der Waals surface area contributed by atoms with Crippen molar-refractivity contribution in [2.24, 2.45) is 0 Å². The van der Waals surface area contributed by atoms with Gasteiger partial charge in [0.05, 0.1) is 12.5 Å². The Kier molecular flexibility index (Phi) is 3.70. The van der Waals surface area contributed by atoms with Crippen LogP contribution in [0.15, 0.2) is 18.2 Å². The van der Waals surface area contributed by atoms with Crippen molar-refractivity contribution < 1.29 is 24.2 Å². The molecule has 1 fully saturated rings. The maximum atomic E-state index is 11.8. The van der Waals surface area contributed by atoms with E-state index in [0.29, 0.717) is 12.8 Å². The first-order valence-electron chi connectivity index (χ1n) is 6.50. The Labute approximate surface area is 117 Å². The van der Waals surface area contributed by atoms with Crippen molar-refractivity contribution in [1.29, 1.82) is 0 Å². The number of hydrogen-bond acceptors (Lipinski definition) is 5. The van der Waals surface area contributed by atoms with Gasteiger partial charge in [-0.2, -0.15) is 0 Å².